The van der Waals surface area contributed by atoms with Crippen LogP contribution >= 0.6 is 11.3 Å². The second kappa shape index (κ2) is 8.68. The number of rotatable bonds is 4. The largest absolute Gasteiger partial charge is 0.469 e. The average Bonchev–Trinajstić information content (AvgIpc) is 3.31. The maximum Gasteiger partial charge on any atom is 0.308 e. The van der Waals surface area contributed by atoms with Crippen LogP contribution in [0.5, 0.6) is 0 Å². The summed E-state index contributed by atoms with van der Waals surface area (Å²) < 4.78 is 7.02. The topological polar surface area (TPSA) is 81.4 Å². The molecule has 0 saturated heterocycles. The summed E-state index contributed by atoms with van der Waals surface area (Å²) in [5, 5.41) is 13.1. The Morgan fingerprint density at radius 3 is 2.64 bits per heavy atom. The van der Waals surface area contributed by atoms with Crippen LogP contribution in [0.25, 0.3) is 10.6 Å². The zero-order chi connectivity index (χ0) is 23.1. The molecule has 170 valence electrons. The highest BCUT2D eigenvalue weighted by atomic mass is 32.1. The third-order valence-electron chi connectivity index (χ3n) is 6.42. The Kier molecular flexibility index (Phi) is 5.72. The maximum absolute atomic E-state index is 12.2. The van der Waals surface area contributed by atoms with Crippen molar-refractivity contribution in [1.29, 1.82) is 0 Å². The summed E-state index contributed by atoms with van der Waals surface area (Å²) in [4.78, 5) is 18.6. The molecule has 7 nitrogen and oxygen atoms in total. The van der Waals surface area contributed by atoms with E-state index in [1.54, 1.807) is 11.3 Å². The van der Waals surface area contributed by atoms with E-state index in [4.69, 9.17) is 9.73 Å². The minimum atomic E-state index is -0.472. The number of carbonyl (C=O) groups is 1. The van der Waals surface area contributed by atoms with Crippen molar-refractivity contribution in [3.05, 3.63) is 69.1 Å². The van der Waals surface area contributed by atoms with Crippen molar-refractivity contribution in [2.75, 3.05) is 20.2 Å². The van der Waals surface area contributed by atoms with Gasteiger partial charge in [-0.1, -0.05) is 30.3 Å². The van der Waals surface area contributed by atoms with E-state index in [9.17, 15) is 4.79 Å². The molecule has 0 radical (unpaired) electrons. The summed E-state index contributed by atoms with van der Waals surface area (Å²) in [5.74, 6) is 1.14. The van der Waals surface area contributed by atoms with Gasteiger partial charge in [-0.15, -0.1) is 21.5 Å². The van der Waals surface area contributed by atoms with Crippen LogP contribution in [0.4, 0.5) is 0 Å². The Hall–Kier alpha value is -3.10. The number of aryl methyl sites for hydroxylation is 2. The van der Waals surface area contributed by atoms with Crippen molar-refractivity contribution in [2.24, 2.45) is 4.99 Å². The fourth-order valence-electron chi connectivity index (χ4n) is 4.49. The number of esters is 1. The fraction of sp³-hybridized carbons (Fsp3) is 0.360. The molecule has 4 heterocycles. The number of thiophene rings is 1. The highest BCUT2D eigenvalue weighted by molar-refractivity contribution is 7.15. The van der Waals surface area contributed by atoms with Gasteiger partial charge in [0, 0.05) is 22.5 Å². The number of fused-ring (bicyclic) bond motifs is 3. The summed E-state index contributed by atoms with van der Waals surface area (Å²) >= 11 is 1.71. The Morgan fingerprint density at radius 1 is 1.18 bits per heavy atom. The Labute approximate surface area is 197 Å². The van der Waals surface area contributed by atoms with Crippen LogP contribution in [0.2, 0.25) is 0 Å². The lowest BCUT2D eigenvalue weighted by molar-refractivity contribution is -0.141. The van der Waals surface area contributed by atoms with E-state index in [1.165, 1.54) is 28.7 Å². The minimum Gasteiger partial charge on any atom is -0.469 e. The van der Waals surface area contributed by atoms with Gasteiger partial charge in [-0.05, 0) is 50.4 Å². The molecular formula is C25H27N5O2S. The number of aliphatic imine (C=N–C) groups is 1. The van der Waals surface area contributed by atoms with Crippen molar-refractivity contribution in [3.8, 4) is 5.00 Å². The van der Waals surface area contributed by atoms with Crippen molar-refractivity contribution >= 4 is 28.6 Å². The summed E-state index contributed by atoms with van der Waals surface area (Å²) in [6.07, 6.45) is 3.40. The lowest BCUT2D eigenvalue weighted by atomic mass is 9.95. The van der Waals surface area contributed by atoms with Gasteiger partial charge in [0.15, 0.2) is 5.82 Å². The third kappa shape index (κ3) is 3.83. The molecule has 0 unspecified atom stereocenters. The first-order valence-electron chi connectivity index (χ1n) is 11.2. The van der Waals surface area contributed by atoms with Crippen molar-refractivity contribution in [1.82, 2.24) is 20.1 Å². The molecule has 1 aromatic carbocycles. The molecule has 3 aromatic rings. The second-order valence-electron chi connectivity index (χ2n) is 8.44. The first kappa shape index (κ1) is 21.7. The van der Waals surface area contributed by atoms with Crippen LogP contribution in [-0.2, 0) is 9.53 Å². The summed E-state index contributed by atoms with van der Waals surface area (Å²) in [6.45, 7) is 8.12. The van der Waals surface area contributed by atoms with E-state index in [0.717, 1.165) is 47.2 Å². The van der Waals surface area contributed by atoms with Crippen LogP contribution < -0.4 is 5.32 Å². The average molecular weight is 462 g/mol. The number of nitrogens with one attached hydrogen (secondary N) is 1. The number of carbonyl (C=O) groups excluding carboxylic acids is 1. The van der Waals surface area contributed by atoms with E-state index in [1.807, 2.05) is 6.92 Å². The fourth-order valence-corrected chi connectivity index (χ4v) is 5.71. The van der Waals surface area contributed by atoms with Gasteiger partial charge >= 0.3 is 5.97 Å². The van der Waals surface area contributed by atoms with E-state index >= 15 is 0 Å². The van der Waals surface area contributed by atoms with Crippen molar-refractivity contribution in [3.63, 3.8) is 0 Å². The molecule has 2 aliphatic heterocycles. The monoisotopic (exact) mass is 461 g/mol. The number of hydrogen-bond donors (Lipinski definition) is 1. The minimum absolute atomic E-state index is 0.114. The first-order chi connectivity index (χ1) is 16.0. The molecule has 33 heavy (non-hydrogen) atoms. The molecule has 0 bridgehead atoms. The molecule has 2 aliphatic rings. The third-order valence-corrected chi connectivity index (χ3v) is 7.61. The summed E-state index contributed by atoms with van der Waals surface area (Å²) in [5.41, 5.74) is 6.81. The van der Waals surface area contributed by atoms with Crippen molar-refractivity contribution in [2.45, 2.75) is 39.7 Å². The van der Waals surface area contributed by atoms with E-state index < -0.39 is 6.04 Å². The van der Waals surface area contributed by atoms with Gasteiger partial charge in [0.05, 0.1) is 19.2 Å². The number of hydrogen-bond acceptors (Lipinski definition) is 7. The molecule has 2 aromatic heterocycles. The second-order valence-corrected chi connectivity index (χ2v) is 9.64. The number of aromatic nitrogens is 3. The quantitative estimate of drug-likeness (QED) is 0.592. The van der Waals surface area contributed by atoms with Gasteiger partial charge in [0.1, 0.15) is 16.9 Å². The molecule has 1 atom stereocenters. The van der Waals surface area contributed by atoms with Crippen LogP contribution in [-0.4, -0.2) is 46.6 Å². The zero-order valence-corrected chi connectivity index (χ0v) is 20.1. The van der Waals surface area contributed by atoms with Gasteiger partial charge in [-0.2, -0.15) is 0 Å². The summed E-state index contributed by atoms with van der Waals surface area (Å²) in [7, 11) is 1.40. The number of benzene rings is 1. The molecule has 0 spiro atoms. The SMILES string of the molecule is COC(=O)C[C@@H]1N=C(c2ccc(C3=CCNCC3)cc2)c2c(sc(C)c2C)-n2c(C)nnc21. The molecule has 8 heteroatoms. The molecule has 0 fully saturated rings. The van der Waals surface area contributed by atoms with Gasteiger partial charge < -0.3 is 10.1 Å². The van der Waals surface area contributed by atoms with Gasteiger partial charge in [0.2, 0.25) is 0 Å². The smallest absolute Gasteiger partial charge is 0.308 e. The van der Waals surface area contributed by atoms with Crippen molar-refractivity contribution < 1.29 is 9.53 Å². The van der Waals surface area contributed by atoms with Gasteiger partial charge in [0.25, 0.3) is 0 Å². The molecule has 0 aliphatic carbocycles. The van der Waals surface area contributed by atoms with E-state index in [0.29, 0.717) is 5.82 Å². The van der Waals surface area contributed by atoms with E-state index in [-0.39, 0.29) is 12.4 Å². The maximum atomic E-state index is 12.2. The standard InChI is InChI=1S/C25H27N5O2S/c1-14-15(2)33-25-22(14)23(19-7-5-17(6-8-19)18-9-11-26-12-10-18)27-20(13-21(31)32-4)24-29-28-16(3)30(24)25/h5-9,20,26H,10-13H2,1-4H3/t20-/m0/s1. The van der Waals surface area contributed by atoms with Gasteiger partial charge in [-0.25, -0.2) is 0 Å². The lowest BCUT2D eigenvalue weighted by Crippen LogP contribution is -2.20. The van der Waals surface area contributed by atoms with Gasteiger partial charge in [-0.3, -0.25) is 14.4 Å². The first-order valence-corrected chi connectivity index (χ1v) is 12.0. The molecular weight excluding hydrogens is 434 g/mol. The van der Waals surface area contributed by atoms with Crippen LogP contribution in [0.15, 0.2) is 35.3 Å². The predicted molar refractivity (Wildman–Crippen MR) is 130 cm³/mol. The lowest BCUT2D eigenvalue weighted by Gasteiger charge is -2.15. The van der Waals surface area contributed by atoms with Crippen LogP contribution in [0, 0.1) is 20.8 Å². The Balaban J connectivity index is 1.66. The normalized spacial score (nSPS) is 17.5. The highest BCUT2D eigenvalue weighted by Gasteiger charge is 2.32. The highest BCUT2D eigenvalue weighted by Crippen LogP contribution is 2.39. The molecule has 5 rings (SSSR count). The zero-order valence-electron chi connectivity index (χ0n) is 19.3. The Morgan fingerprint density at radius 2 is 1.94 bits per heavy atom. The molecule has 0 amide bonds. The number of ether oxygens (including phenoxy) is 1. The number of methoxy groups -OCH3 is 1. The van der Waals surface area contributed by atoms with E-state index in [2.05, 4.69) is 64.3 Å². The molecule has 1 N–H and O–H groups in total. The Bertz CT molecular complexity index is 1280. The summed E-state index contributed by atoms with van der Waals surface area (Å²) in [6, 6.07) is 8.16. The van der Waals surface area contributed by atoms with Crippen LogP contribution in [0.3, 0.4) is 0 Å². The molecule has 0 saturated carbocycles. The van der Waals surface area contributed by atoms with Crippen LogP contribution in [0.1, 0.15) is 57.7 Å². The number of nitrogens with zero attached hydrogens (tertiary/aromatic N) is 4. The predicted octanol–water partition coefficient (Wildman–Crippen LogP) is 4.09.